The highest BCUT2D eigenvalue weighted by molar-refractivity contribution is 6.36. The maximum absolute atomic E-state index is 6.31. The van der Waals surface area contributed by atoms with Gasteiger partial charge in [0.1, 0.15) is 11.6 Å². The molecule has 0 unspecified atom stereocenters. The van der Waals surface area contributed by atoms with E-state index >= 15 is 0 Å². The standard InChI is InChI=1S/C17H20Cl2N4O2/c1-24-17(4-6-25-7-5-17)10-22-15-3-2-12(18)16(23-15)11-8-14(20)21-9-13(11)19/h2-3,8-9H,4-7,10H2,1H3,(H2,20,21)(H,22,23). The Kier molecular flexibility index (Phi) is 5.64. The van der Waals surface area contributed by atoms with Gasteiger partial charge in [0.15, 0.2) is 0 Å². The third kappa shape index (κ3) is 4.15. The SMILES string of the molecule is COC1(CNc2ccc(Cl)c(-c3cc(N)ncc3Cl)n2)CCOCC1. The van der Waals surface area contributed by atoms with Crippen LogP contribution in [0.1, 0.15) is 12.8 Å². The largest absolute Gasteiger partial charge is 0.384 e. The van der Waals surface area contributed by atoms with Gasteiger partial charge in [-0.25, -0.2) is 9.97 Å². The predicted molar refractivity (Wildman–Crippen MR) is 100 cm³/mol. The van der Waals surface area contributed by atoms with Gasteiger partial charge >= 0.3 is 0 Å². The summed E-state index contributed by atoms with van der Waals surface area (Å²) >= 11 is 12.5. The molecule has 1 fully saturated rings. The average Bonchev–Trinajstić information content (AvgIpc) is 2.64. The lowest BCUT2D eigenvalue weighted by atomic mass is 9.94. The van der Waals surface area contributed by atoms with Crippen molar-refractivity contribution >= 4 is 34.8 Å². The van der Waals surface area contributed by atoms with Gasteiger partial charge in [-0.15, -0.1) is 0 Å². The van der Waals surface area contributed by atoms with Crippen molar-refractivity contribution in [3.05, 3.63) is 34.4 Å². The van der Waals surface area contributed by atoms with Crippen LogP contribution in [0.3, 0.4) is 0 Å². The molecule has 0 radical (unpaired) electrons. The molecule has 0 atom stereocenters. The zero-order valence-electron chi connectivity index (χ0n) is 13.9. The van der Waals surface area contributed by atoms with E-state index < -0.39 is 0 Å². The highest BCUT2D eigenvalue weighted by Gasteiger charge is 2.32. The van der Waals surface area contributed by atoms with E-state index in [4.69, 9.17) is 38.4 Å². The van der Waals surface area contributed by atoms with Crippen LogP contribution in [0.2, 0.25) is 10.0 Å². The van der Waals surface area contributed by atoms with Gasteiger partial charge < -0.3 is 20.5 Å². The van der Waals surface area contributed by atoms with E-state index in [0.717, 1.165) is 12.8 Å². The van der Waals surface area contributed by atoms with Crippen molar-refractivity contribution in [1.82, 2.24) is 9.97 Å². The van der Waals surface area contributed by atoms with E-state index in [2.05, 4.69) is 15.3 Å². The quantitative estimate of drug-likeness (QED) is 0.821. The highest BCUT2D eigenvalue weighted by atomic mass is 35.5. The van der Waals surface area contributed by atoms with E-state index in [9.17, 15) is 0 Å². The van der Waals surface area contributed by atoms with Crippen LogP contribution in [0.25, 0.3) is 11.3 Å². The van der Waals surface area contributed by atoms with Gasteiger partial charge in [-0.05, 0) is 18.2 Å². The van der Waals surface area contributed by atoms with E-state index in [0.29, 0.717) is 52.7 Å². The minimum atomic E-state index is -0.252. The first-order chi connectivity index (χ1) is 12.0. The third-order valence-corrected chi connectivity index (χ3v) is 5.01. The predicted octanol–water partition coefficient (Wildman–Crippen LogP) is 3.64. The summed E-state index contributed by atoms with van der Waals surface area (Å²) in [6.45, 7) is 2.02. The maximum Gasteiger partial charge on any atom is 0.126 e. The Balaban J connectivity index is 1.83. The van der Waals surface area contributed by atoms with E-state index in [-0.39, 0.29) is 5.60 Å². The normalized spacial score (nSPS) is 16.6. The monoisotopic (exact) mass is 382 g/mol. The zero-order valence-corrected chi connectivity index (χ0v) is 15.4. The molecular formula is C17H20Cl2N4O2. The van der Waals surface area contributed by atoms with Gasteiger partial charge in [0, 0.05) is 51.5 Å². The molecule has 1 saturated heterocycles. The molecule has 6 nitrogen and oxygen atoms in total. The molecule has 134 valence electrons. The fraction of sp³-hybridized carbons (Fsp3) is 0.412. The number of hydrogen-bond donors (Lipinski definition) is 2. The molecule has 25 heavy (non-hydrogen) atoms. The molecule has 0 aliphatic carbocycles. The fourth-order valence-electron chi connectivity index (χ4n) is 2.81. The van der Waals surface area contributed by atoms with E-state index in [1.165, 1.54) is 6.20 Å². The van der Waals surface area contributed by atoms with Gasteiger partial charge in [0.05, 0.1) is 21.3 Å². The summed E-state index contributed by atoms with van der Waals surface area (Å²) < 4.78 is 11.2. The molecule has 1 aliphatic heterocycles. The Hall–Kier alpha value is -1.60. The molecule has 0 saturated carbocycles. The Labute approximate surface area is 156 Å². The summed E-state index contributed by atoms with van der Waals surface area (Å²) in [5.41, 5.74) is 6.72. The van der Waals surface area contributed by atoms with Gasteiger partial charge in [0.25, 0.3) is 0 Å². The van der Waals surface area contributed by atoms with Crippen molar-refractivity contribution in [1.29, 1.82) is 0 Å². The lowest BCUT2D eigenvalue weighted by molar-refractivity contribution is -0.0807. The Morgan fingerprint density at radius 1 is 1.28 bits per heavy atom. The van der Waals surface area contributed by atoms with Crippen LogP contribution in [0.5, 0.6) is 0 Å². The fourth-order valence-corrected chi connectivity index (χ4v) is 3.21. The highest BCUT2D eigenvalue weighted by Crippen LogP contribution is 2.33. The molecule has 0 bridgehead atoms. The van der Waals surface area contributed by atoms with Crippen LogP contribution in [0.15, 0.2) is 24.4 Å². The van der Waals surface area contributed by atoms with E-state index in [1.54, 1.807) is 19.2 Å². The van der Waals surface area contributed by atoms with Crippen molar-refractivity contribution in [2.75, 3.05) is 37.9 Å². The first-order valence-corrected chi connectivity index (χ1v) is 8.73. The van der Waals surface area contributed by atoms with Crippen LogP contribution in [0, 0.1) is 0 Å². The Bertz CT molecular complexity index is 751. The number of methoxy groups -OCH3 is 1. The molecule has 2 aromatic heterocycles. The molecule has 0 amide bonds. The molecule has 2 aromatic rings. The minimum absolute atomic E-state index is 0.252. The van der Waals surface area contributed by atoms with Gasteiger partial charge in [-0.2, -0.15) is 0 Å². The van der Waals surface area contributed by atoms with Crippen LogP contribution in [-0.4, -0.2) is 42.4 Å². The Morgan fingerprint density at radius 3 is 2.76 bits per heavy atom. The molecule has 3 heterocycles. The summed E-state index contributed by atoms with van der Waals surface area (Å²) in [6, 6.07) is 5.27. The summed E-state index contributed by atoms with van der Waals surface area (Å²) in [5.74, 6) is 1.05. The molecule has 8 heteroatoms. The van der Waals surface area contributed by atoms with Crippen molar-refractivity contribution in [2.24, 2.45) is 0 Å². The number of nitrogens with two attached hydrogens (primary N) is 1. The van der Waals surface area contributed by atoms with Crippen LogP contribution >= 0.6 is 23.2 Å². The molecule has 0 aromatic carbocycles. The average molecular weight is 383 g/mol. The Morgan fingerprint density at radius 2 is 2.04 bits per heavy atom. The number of ether oxygens (including phenoxy) is 2. The summed E-state index contributed by atoms with van der Waals surface area (Å²) in [7, 11) is 1.73. The van der Waals surface area contributed by atoms with Crippen LogP contribution < -0.4 is 11.1 Å². The topological polar surface area (TPSA) is 82.3 Å². The summed E-state index contributed by atoms with van der Waals surface area (Å²) in [5, 5.41) is 4.27. The second-order valence-electron chi connectivity index (χ2n) is 5.97. The number of pyridine rings is 2. The summed E-state index contributed by atoms with van der Waals surface area (Å²) in [4.78, 5) is 8.56. The van der Waals surface area contributed by atoms with Gasteiger partial charge in [-0.1, -0.05) is 23.2 Å². The first-order valence-electron chi connectivity index (χ1n) is 7.98. The lowest BCUT2D eigenvalue weighted by Crippen LogP contribution is -2.44. The number of rotatable bonds is 5. The lowest BCUT2D eigenvalue weighted by Gasteiger charge is -2.36. The maximum atomic E-state index is 6.31. The molecule has 0 spiro atoms. The summed E-state index contributed by atoms with van der Waals surface area (Å²) in [6.07, 6.45) is 3.17. The first kappa shape index (κ1) is 18.2. The van der Waals surface area contributed by atoms with Crippen molar-refractivity contribution in [2.45, 2.75) is 18.4 Å². The van der Waals surface area contributed by atoms with E-state index in [1.807, 2.05) is 6.07 Å². The number of hydrogen-bond acceptors (Lipinski definition) is 6. The third-order valence-electron chi connectivity index (χ3n) is 4.41. The smallest absolute Gasteiger partial charge is 0.126 e. The number of aromatic nitrogens is 2. The van der Waals surface area contributed by atoms with Crippen molar-refractivity contribution in [3.8, 4) is 11.3 Å². The number of nitrogens with one attached hydrogen (secondary N) is 1. The number of anilines is 2. The molecular weight excluding hydrogens is 363 g/mol. The second kappa shape index (κ2) is 7.74. The van der Waals surface area contributed by atoms with Crippen LogP contribution in [0.4, 0.5) is 11.6 Å². The molecule has 3 rings (SSSR count). The van der Waals surface area contributed by atoms with Gasteiger partial charge in [-0.3, -0.25) is 0 Å². The number of nitrogens with zero attached hydrogens (tertiary/aromatic N) is 2. The van der Waals surface area contributed by atoms with Gasteiger partial charge in [0.2, 0.25) is 0 Å². The van der Waals surface area contributed by atoms with Crippen molar-refractivity contribution in [3.63, 3.8) is 0 Å². The molecule has 3 N–H and O–H groups in total. The second-order valence-corrected chi connectivity index (χ2v) is 6.78. The number of nitrogen functional groups attached to an aromatic ring is 1. The van der Waals surface area contributed by atoms with Crippen LogP contribution in [-0.2, 0) is 9.47 Å². The number of halogens is 2. The molecule has 1 aliphatic rings. The zero-order chi connectivity index (χ0) is 17.9. The minimum Gasteiger partial charge on any atom is -0.384 e. The van der Waals surface area contributed by atoms with Crippen molar-refractivity contribution < 1.29 is 9.47 Å².